The maximum atomic E-state index is 13.4. The van der Waals surface area contributed by atoms with Gasteiger partial charge in [0.2, 0.25) is 5.91 Å². The maximum Gasteiger partial charge on any atom is 0.264 e. The zero-order chi connectivity index (χ0) is 28.0. The molecule has 4 heterocycles. The van der Waals surface area contributed by atoms with Crippen molar-refractivity contribution in [1.82, 2.24) is 24.9 Å². The summed E-state index contributed by atoms with van der Waals surface area (Å²) in [6.45, 7) is 5.54. The molecule has 2 saturated heterocycles. The van der Waals surface area contributed by atoms with Gasteiger partial charge in [-0.3, -0.25) is 28.8 Å². The maximum absolute atomic E-state index is 13.4. The second-order valence-electron chi connectivity index (χ2n) is 11.1. The minimum Gasteiger partial charge on any atom is -0.380 e. The van der Waals surface area contributed by atoms with Crippen molar-refractivity contribution in [2.75, 3.05) is 25.5 Å². The molecule has 3 aliphatic heterocycles. The largest absolute Gasteiger partial charge is 0.380 e. The van der Waals surface area contributed by atoms with Crippen LogP contribution in [0.3, 0.4) is 0 Å². The Morgan fingerprint density at radius 2 is 1.95 bits per heavy atom. The van der Waals surface area contributed by atoms with Crippen LogP contribution in [-0.2, 0) is 20.9 Å². The fourth-order valence-corrected chi connectivity index (χ4v) is 6.23. The second-order valence-corrected chi connectivity index (χ2v) is 11.1. The van der Waals surface area contributed by atoms with E-state index in [4.69, 9.17) is 4.74 Å². The number of hydrogen-bond donors (Lipinski definition) is 2. The normalized spacial score (nSPS) is 22.7. The van der Waals surface area contributed by atoms with Crippen LogP contribution in [-0.4, -0.2) is 75.1 Å². The van der Waals surface area contributed by atoms with Crippen LogP contribution in [0, 0.1) is 0 Å². The van der Waals surface area contributed by atoms with Crippen molar-refractivity contribution < 1.29 is 23.9 Å². The number of nitrogens with one attached hydrogen (secondary N) is 2. The number of imide groups is 1. The molecular weight excluding hydrogens is 512 g/mol. The van der Waals surface area contributed by atoms with E-state index in [0.717, 1.165) is 42.6 Å². The van der Waals surface area contributed by atoms with Crippen molar-refractivity contribution >= 4 is 29.3 Å². The third-order valence-corrected chi connectivity index (χ3v) is 8.79. The molecule has 1 aliphatic carbocycles. The molecule has 0 spiro atoms. The van der Waals surface area contributed by atoms with E-state index in [1.54, 1.807) is 31.5 Å². The van der Waals surface area contributed by atoms with Gasteiger partial charge in [0.15, 0.2) is 0 Å². The van der Waals surface area contributed by atoms with E-state index in [9.17, 15) is 19.2 Å². The van der Waals surface area contributed by atoms with Crippen LogP contribution < -0.4 is 10.6 Å². The number of anilines is 1. The molecule has 0 bridgehead atoms. The Morgan fingerprint density at radius 3 is 2.62 bits per heavy atom. The molecule has 0 radical (unpaired) electrons. The monoisotopic (exact) mass is 546 g/mol. The summed E-state index contributed by atoms with van der Waals surface area (Å²) in [6, 6.07) is 4.47. The Morgan fingerprint density at radius 1 is 1.18 bits per heavy atom. The van der Waals surface area contributed by atoms with Gasteiger partial charge in [0.1, 0.15) is 11.6 Å². The fraction of sp³-hybridized carbons (Fsp3) is 0.483. The molecular formula is C29H34N6O5. The lowest BCUT2D eigenvalue weighted by molar-refractivity contribution is -0.167. The van der Waals surface area contributed by atoms with E-state index in [2.05, 4.69) is 22.3 Å². The lowest BCUT2D eigenvalue weighted by Crippen LogP contribution is -2.56. The first kappa shape index (κ1) is 26.2. The van der Waals surface area contributed by atoms with Crippen LogP contribution in [0.4, 0.5) is 5.69 Å². The highest BCUT2D eigenvalue weighted by Crippen LogP contribution is 2.38. The van der Waals surface area contributed by atoms with Gasteiger partial charge in [-0.25, -0.2) is 0 Å². The highest BCUT2D eigenvalue weighted by Gasteiger charge is 2.47. The van der Waals surface area contributed by atoms with E-state index >= 15 is 0 Å². The van der Waals surface area contributed by atoms with Crippen LogP contribution in [0.5, 0.6) is 0 Å². The lowest BCUT2D eigenvalue weighted by Gasteiger charge is -2.44. The first-order valence-electron chi connectivity index (χ1n) is 13.9. The Labute approximate surface area is 232 Å². The van der Waals surface area contributed by atoms with Gasteiger partial charge in [0.25, 0.3) is 17.7 Å². The van der Waals surface area contributed by atoms with Crippen molar-refractivity contribution in [1.29, 1.82) is 0 Å². The van der Waals surface area contributed by atoms with Gasteiger partial charge < -0.3 is 20.3 Å². The first-order chi connectivity index (χ1) is 19.3. The van der Waals surface area contributed by atoms with E-state index in [-0.39, 0.29) is 23.4 Å². The predicted octanol–water partition coefficient (Wildman–Crippen LogP) is 2.62. The van der Waals surface area contributed by atoms with Crippen molar-refractivity contribution in [2.24, 2.45) is 0 Å². The molecule has 1 aromatic heterocycles. The number of fused-ring (bicyclic) bond motifs is 1. The molecule has 11 nitrogen and oxygen atoms in total. The van der Waals surface area contributed by atoms with Crippen LogP contribution in [0.25, 0.3) is 0 Å². The van der Waals surface area contributed by atoms with E-state index in [1.807, 2.05) is 15.8 Å². The molecule has 4 aliphatic rings. The van der Waals surface area contributed by atoms with Crippen LogP contribution >= 0.6 is 0 Å². The quantitative estimate of drug-likeness (QED) is 0.512. The summed E-state index contributed by atoms with van der Waals surface area (Å²) in [4.78, 5) is 55.0. The smallest absolute Gasteiger partial charge is 0.264 e. The average Bonchev–Trinajstić information content (AvgIpc) is 3.50. The summed E-state index contributed by atoms with van der Waals surface area (Å²) in [5.74, 6) is -1.20. The summed E-state index contributed by atoms with van der Waals surface area (Å²) in [7, 11) is 1.63. The molecule has 4 amide bonds. The van der Waals surface area contributed by atoms with Crippen LogP contribution in [0.1, 0.15) is 77.3 Å². The Bertz CT molecular complexity index is 1380. The van der Waals surface area contributed by atoms with E-state index in [1.165, 1.54) is 0 Å². The number of carbonyl (C=O) groups excluding carboxylic acids is 4. The standard InChI is InChI=1S/C29H34N6O5/c1-18-7-8-23(25(36)32-18)35-26(37)21-5-3-6-22(24(21)27(35)38)30-15-19-16-31-34(17-19)20-9-13-33(14-10-20)28(39)29(40-2)11-4-12-29/h3,5-6,16-17,20,23,30H,1,4,7-15H2,2H3,(H,32,36). The Hall–Kier alpha value is -3.99. The summed E-state index contributed by atoms with van der Waals surface area (Å²) in [6.07, 6.45) is 8.92. The zero-order valence-corrected chi connectivity index (χ0v) is 22.6. The third kappa shape index (κ3) is 4.38. The van der Waals surface area contributed by atoms with E-state index in [0.29, 0.717) is 49.4 Å². The van der Waals surface area contributed by atoms with Crippen LogP contribution in [0.2, 0.25) is 0 Å². The number of hydrogen-bond acceptors (Lipinski definition) is 7. The number of piperidine rings is 2. The topological polar surface area (TPSA) is 126 Å². The molecule has 2 N–H and O–H groups in total. The first-order valence-corrected chi connectivity index (χ1v) is 13.9. The number of rotatable bonds is 7. The molecule has 40 heavy (non-hydrogen) atoms. The van der Waals surface area contributed by atoms with Gasteiger partial charge >= 0.3 is 0 Å². The molecule has 6 rings (SSSR count). The Balaban J connectivity index is 1.09. The number of allylic oxidation sites excluding steroid dienone is 1. The summed E-state index contributed by atoms with van der Waals surface area (Å²) in [5, 5.41) is 10.5. The summed E-state index contributed by atoms with van der Waals surface area (Å²) >= 11 is 0. The summed E-state index contributed by atoms with van der Waals surface area (Å²) < 4.78 is 7.53. The molecule has 210 valence electrons. The van der Waals surface area contributed by atoms with E-state index < -0.39 is 23.5 Å². The minimum atomic E-state index is -0.848. The molecule has 1 aromatic carbocycles. The van der Waals surface area contributed by atoms with Gasteiger partial charge in [0.05, 0.1) is 23.4 Å². The van der Waals surface area contributed by atoms with Crippen molar-refractivity contribution in [3.8, 4) is 0 Å². The highest BCUT2D eigenvalue weighted by atomic mass is 16.5. The molecule has 2 aromatic rings. The third-order valence-electron chi connectivity index (χ3n) is 8.79. The van der Waals surface area contributed by atoms with Gasteiger partial charge in [-0.2, -0.15) is 5.10 Å². The highest BCUT2D eigenvalue weighted by molar-refractivity contribution is 6.25. The van der Waals surface area contributed by atoms with Gasteiger partial charge in [-0.1, -0.05) is 12.6 Å². The predicted molar refractivity (Wildman–Crippen MR) is 145 cm³/mol. The van der Waals surface area contributed by atoms with Gasteiger partial charge in [0, 0.05) is 49.9 Å². The average molecular weight is 547 g/mol. The van der Waals surface area contributed by atoms with Gasteiger partial charge in [-0.15, -0.1) is 0 Å². The molecule has 11 heteroatoms. The van der Waals surface area contributed by atoms with Crippen molar-refractivity contribution in [3.63, 3.8) is 0 Å². The molecule has 1 saturated carbocycles. The number of benzene rings is 1. The zero-order valence-electron chi connectivity index (χ0n) is 22.6. The number of nitrogens with zero attached hydrogens (tertiary/aromatic N) is 4. The minimum absolute atomic E-state index is 0.113. The summed E-state index contributed by atoms with van der Waals surface area (Å²) in [5.41, 5.74) is 2.03. The molecule has 3 fully saturated rings. The fourth-order valence-electron chi connectivity index (χ4n) is 6.23. The molecule has 1 atom stereocenters. The number of methoxy groups -OCH3 is 1. The number of amides is 4. The van der Waals surface area contributed by atoms with Crippen molar-refractivity contribution in [3.05, 3.63) is 59.6 Å². The Kier molecular flexibility index (Phi) is 6.69. The number of likely N-dealkylation sites (tertiary alicyclic amines) is 1. The number of aromatic nitrogens is 2. The number of ether oxygens (including phenoxy) is 1. The van der Waals surface area contributed by atoms with Gasteiger partial charge in [-0.05, 0) is 57.1 Å². The van der Waals surface area contributed by atoms with Crippen molar-refractivity contribution in [2.45, 2.75) is 69.2 Å². The van der Waals surface area contributed by atoms with Crippen LogP contribution in [0.15, 0.2) is 42.9 Å². The molecule has 1 unspecified atom stereocenters. The SMILES string of the molecule is C=C1CCC(N2C(=O)c3cccc(NCc4cnn(C5CCN(C(=O)C6(OC)CCC6)CC5)c4)c3C2=O)C(=O)N1. The second kappa shape index (κ2) is 10.2. The number of carbonyl (C=O) groups is 4. The lowest BCUT2D eigenvalue weighted by atomic mass is 9.78.